The van der Waals surface area contributed by atoms with Gasteiger partial charge >= 0.3 is 5.97 Å². The van der Waals surface area contributed by atoms with Gasteiger partial charge in [0.25, 0.3) is 5.91 Å². The van der Waals surface area contributed by atoms with Gasteiger partial charge in [-0.25, -0.2) is 13.1 Å². The molecule has 1 aromatic rings. The van der Waals surface area contributed by atoms with Crippen LogP contribution in [0.5, 0.6) is 0 Å². The maximum Gasteiger partial charge on any atom is 0.303 e. The van der Waals surface area contributed by atoms with Crippen LogP contribution in [-0.2, 0) is 14.8 Å². The average Bonchev–Trinajstić information content (AvgIpc) is 2.53. The Kier molecular flexibility index (Phi) is 7.37. The third-order valence-corrected chi connectivity index (χ3v) is 5.22. The number of nitrogens with one attached hydrogen (secondary N) is 1. The quantitative estimate of drug-likeness (QED) is 0.701. The van der Waals surface area contributed by atoms with Crippen molar-refractivity contribution in [3.8, 4) is 0 Å². The van der Waals surface area contributed by atoms with Crippen molar-refractivity contribution in [1.82, 2.24) is 9.62 Å². The van der Waals surface area contributed by atoms with Gasteiger partial charge in [0.1, 0.15) is 0 Å². The second-order valence-electron chi connectivity index (χ2n) is 5.68. The Bertz CT molecular complexity index is 670. The standard InChI is InChI=1S/C16H24N2O5S/c1-4-12(2)17-24(22,23)14-9-7-13(8-10-14)16(21)18(3)11-5-6-15(19)20/h7-10,12,17H,4-6,11H2,1-3H3,(H,19,20). The molecular formula is C16H24N2O5S. The normalized spacial score (nSPS) is 12.6. The van der Waals surface area contributed by atoms with Gasteiger partial charge in [-0.1, -0.05) is 6.92 Å². The molecule has 8 heteroatoms. The van der Waals surface area contributed by atoms with Crippen molar-refractivity contribution in [1.29, 1.82) is 0 Å². The summed E-state index contributed by atoms with van der Waals surface area (Å²) < 4.78 is 26.9. The Labute approximate surface area is 142 Å². The van der Waals surface area contributed by atoms with Crippen LogP contribution in [0.4, 0.5) is 0 Å². The highest BCUT2D eigenvalue weighted by atomic mass is 32.2. The molecule has 7 nitrogen and oxygen atoms in total. The molecule has 1 amide bonds. The number of carbonyl (C=O) groups is 2. The number of carbonyl (C=O) groups excluding carboxylic acids is 1. The first kappa shape index (κ1) is 20.1. The van der Waals surface area contributed by atoms with Crippen LogP contribution < -0.4 is 4.72 Å². The van der Waals surface area contributed by atoms with Crippen LogP contribution in [0.15, 0.2) is 29.2 Å². The van der Waals surface area contributed by atoms with Gasteiger partial charge in [0.15, 0.2) is 0 Å². The Balaban J connectivity index is 2.76. The number of nitrogens with zero attached hydrogens (tertiary/aromatic N) is 1. The maximum atomic E-state index is 12.2. The van der Waals surface area contributed by atoms with E-state index in [0.717, 1.165) is 0 Å². The summed E-state index contributed by atoms with van der Waals surface area (Å²) in [6.45, 7) is 3.98. The molecule has 2 N–H and O–H groups in total. The third kappa shape index (κ3) is 5.93. The minimum Gasteiger partial charge on any atom is -0.481 e. The zero-order valence-electron chi connectivity index (χ0n) is 14.2. The van der Waals surface area contributed by atoms with Gasteiger partial charge in [-0.2, -0.15) is 0 Å². The molecule has 0 aromatic heterocycles. The van der Waals surface area contributed by atoms with Crippen LogP contribution in [0.1, 0.15) is 43.5 Å². The smallest absolute Gasteiger partial charge is 0.303 e. The second kappa shape index (κ2) is 8.79. The SMILES string of the molecule is CCC(C)NS(=O)(=O)c1ccc(C(=O)N(C)CCCC(=O)O)cc1. The van der Waals surface area contributed by atoms with Crippen LogP contribution in [0, 0.1) is 0 Å². The number of amides is 1. The molecule has 24 heavy (non-hydrogen) atoms. The Morgan fingerprint density at radius 3 is 2.33 bits per heavy atom. The predicted molar refractivity (Wildman–Crippen MR) is 90.3 cm³/mol. The van der Waals surface area contributed by atoms with Gasteiger partial charge in [0.05, 0.1) is 4.90 Å². The van der Waals surface area contributed by atoms with Crippen LogP contribution in [0.2, 0.25) is 0 Å². The van der Waals surface area contributed by atoms with Gasteiger partial charge in [-0.3, -0.25) is 9.59 Å². The summed E-state index contributed by atoms with van der Waals surface area (Å²) in [6, 6.07) is 5.53. The fourth-order valence-electron chi connectivity index (χ4n) is 1.98. The molecule has 0 heterocycles. The number of hydrogen-bond acceptors (Lipinski definition) is 4. The van der Waals surface area contributed by atoms with Crippen LogP contribution in [0.25, 0.3) is 0 Å². The summed E-state index contributed by atoms with van der Waals surface area (Å²) in [6.07, 6.45) is 1.04. The van der Waals surface area contributed by atoms with Crippen LogP contribution >= 0.6 is 0 Å². The summed E-state index contributed by atoms with van der Waals surface area (Å²) in [7, 11) is -2.02. The van der Waals surface area contributed by atoms with E-state index in [2.05, 4.69) is 4.72 Å². The second-order valence-corrected chi connectivity index (χ2v) is 7.39. The zero-order chi connectivity index (χ0) is 18.3. The molecule has 0 aliphatic carbocycles. The summed E-state index contributed by atoms with van der Waals surface area (Å²) in [5.41, 5.74) is 0.357. The number of rotatable bonds is 9. The number of carboxylic acids is 1. The molecule has 1 rings (SSSR count). The topological polar surface area (TPSA) is 104 Å². The summed E-state index contributed by atoms with van der Waals surface area (Å²) in [5, 5.41) is 8.60. The van der Waals surface area contributed by atoms with Crippen molar-refractivity contribution >= 4 is 21.9 Å². The van der Waals surface area contributed by atoms with Crippen molar-refractivity contribution in [3.63, 3.8) is 0 Å². The van der Waals surface area contributed by atoms with E-state index in [4.69, 9.17) is 5.11 Å². The monoisotopic (exact) mass is 356 g/mol. The third-order valence-electron chi connectivity index (χ3n) is 3.61. The van der Waals surface area contributed by atoms with E-state index in [1.165, 1.54) is 29.2 Å². The number of aliphatic carboxylic acids is 1. The van der Waals surface area contributed by atoms with E-state index in [9.17, 15) is 18.0 Å². The predicted octanol–water partition coefficient (Wildman–Crippen LogP) is 1.70. The molecule has 0 aliphatic rings. The molecule has 0 fully saturated rings. The lowest BCUT2D eigenvalue weighted by Gasteiger charge is -2.17. The van der Waals surface area contributed by atoms with Gasteiger partial charge in [0, 0.05) is 31.6 Å². The highest BCUT2D eigenvalue weighted by Crippen LogP contribution is 2.13. The molecule has 0 radical (unpaired) electrons. The minimum atomic E-state index is -3.60. The van der Waals surface area contributed by atoms with E-state index in [0.29, 0.717) is 24.9 Å². The molecule has 1 unspecified atom stereocenters. The van der Waals surface area contributed by atoms with Crippen LogP contribution in [-0.4, -0.2) is 49.9 Å². The van der Waals surface area contributed by atoms with E-state index in [1.54, 1.807) is 14.0 Å². The van der Waals surface area contributed by atoms with Crippen molar-refractivity contribution < 1.29 is 23.1 Å². The molecule has 1 atom stereocenters. The van der Waals surface area contributed by atoms with Crippen LogP contribution in [0.3, 0.4) is 0 Å². The molecule has 0 bridgehead atoms. The first-order valence-corrected chi connectivity index (χ1v) is 9.25. The van der Waals surface area contributed by atoms with E-state index < -0.39 is 16.0 Å². The molecule has 0 saturated carbocycles. The lowest BCUT2D eigenvalue weighted by molar-refractivity contribution is -0.137. The fraction of sp³-hybridized carbons (Fsp3) is 0.500. The average molecular weight is 356 g/mol. The van der Waals surface area contributed by atoms with Crippen molar-refractivity contribution in [2.24, 2.45) is 0 Å². The molecular weight excluding hydrogens is 332 g/mol. The van der Waals surface area contributed by atoms with Gasteiger partial charge in [0.2, 0.25) is 10.0 Å². The Morgan fingerprint density at radius 1 is 1.25 bits per heavy atom. The zero-order valence-corrected chi connectivity index (χ0v) is 15.0. The van der Waals surface area contributed by atoms with Gasteiger partial charge in [-0.15, -0.1) is 0 Å². The number of benzene rings is 1. The fourth-order valence-corrected chi connectivity index (χ4v) is 3.31. The van der Waals surface area contributed by atoms with Crippen molar-refractivity contribution in [2.75, 3.05) is 13.6 Å². The Morgan fingerprint density at radius 2 is 1.83 bits per heavy atom. The molecule has 0 aliphatic heterocycles. The maximum absolute atomic E-state index is 12.2. The summed E-state index contributed by atoms with van der Waals surface area (Å²) in [4.78, 5) is 24.2. The van der Waals surface area contributed by atoms with Crippen molar-refractivity contribution in [3.05, 3.63) is 29.8 Å². The molecule has 134 valence electrons. The van der Waals surface area contributed by atoms with Gasteiger partial charge < -0.3 is 10.0 Å². The minimum absolute atomic E-state index is 0.00389. The highest BCUT2D eigenvalue weighted by Gasteiger charge is 2.18. The summed E-state index contributed by atoms with van der Waals surface area (Å²) >= 11 is 0. The lowest BCUT2D eigenvalue weighted by atomic mass is 10.2. The van der Waals surface area contributed by atoms with E-state index in [-0.39, 0.29) is 23.3 Å². The largest absolute Gasteiger partial charge is 0.481 e. The number of hydrogen-bond donors (Lipinski definition) is 2. The number of carboxylic acid groups (broad SMARTS) is 1. The Hall–Kier alpha value is -1.93. The summed E-state index contributed by atoms with van der Waals surface area (Å²) in [5.74, 6) is -1.18. The molecule has 0 saturated heterocycles. The number of sulfonamides is 1. The lowest BCUT2D eigenvalue weighted by Crippen LogP contribution is -2.32. The van der Waals surface area contributed by atoms with Crippen molar-refractivity contribution in [2.45, 2.75) is 44.0 Å². The molecule has 0 spiro atoms. The first-order chi connectivity index (χ1) is 11.2. The van der Waals surface area contributed by atoms with E-state index in [1.807, 2.05) is 6.92 Å². The van der Waals surface area contributed by atoms with E-state index >= 15 is 0 Å². The first-order valence-electron chi connectivity index (χ1n) is 7.77. The van der Waals surface area contributed by atoms with Gasteiger partial charge in [-0.05, 0) is 44.0 Å². The molecule has 1 aromatic carbocycles. The highest BCUT2D eigenvalue weighted by molar-refractivity contribution is 7.89.